The smallest absolute Gasteiger partial charge is 0.237 e. The van der Waals surface area contributed by atoms with E-state index in [4.69, 9.17) is 21.6 Å². The molecule has 3 aromatic carbocycles. The number of hydrogen-bond donors (Lipinski definition) is 1. The summed E-state index contributed by atoms with van der Waals surface area (Å²) in [4.78, 5) is 22.1. The molecule has 4 nitrogen and oxygen atoms in total. The molecule has 0 saturated carbocycles. The number of thioether (sulfide) groups is 1. The maximum atomic E-state index is 12.7. The molecule has 0 fully saturated rings. The zero-order chi connectivity index (χ0) is 21.6. The zero-order valence-corrected chi connectivity index (χ0v) is 18.4. The van der Waals surface area contributed by atoms with E-state index in [0.717, 1.165) is 22.5 Å². The predicted molar refractivity (Wildman–Crippen MR) is 128 cm³/mol. The van der Waals surface area contributed by atoms with E-state index < -0.39 is 0 Å². The van der Waals surface area contributed by atoms with Gasteiger partial charge in [-0.3, -0.25) is 4.79 Å². The van der Waals surface area contributed by atoms with Crippen LogP contribution in [0.1, 0.15) is 6.92 Å². The number of halogens is 1. The Morgan fingerprint density at radius 1 is 0.839 bits per heavy atom. The van der Waals surface area contributed by atoms with Crippen LogP contribution in [0.3, 0.4) is 0 Å². The van der Waals surface area contributed by atoms with Crippen LogP contribution in [0.2, 0.25) is 5.02 Å². The second kappa shape index (κ2) is 9.77. The average Bonchev–Trinajstić information content (AvgIpc) is 2.81. The van der Waals surface area contributed by atoms with Crippen molar-refractivity contribution in [2.45, 2.75) is 17.3 Å². The molecule has 1 amide bonds. The summed E-state index contributed by atoms with van der Waals surface area (Å²) in [5.74, 6) is -0.123. The second-order valence-corrected chi connectivity index (χ2v) is 8.65. The molecule has 31 heavy (non-hydrogen) atoms. The van der Waals surface area contributed by atoms with Gasteiger partial charge in [0.1, 0.15) is 0 Å². The molecule has 0 saturated heterocycles. The Balaban J connectivity index is 1.60. The normalized spacial score (nSPS) is 11.7. The summed E-state index contributed by atoms with van der Waals surface area (Å²) in [6, 6.07) is 29.0. The van der Waals surface area contributed by atoms with Crippen LogP contribution in [0.5, 0.6) is 0 Å². The number of carbonyl (C=O) groups excluding carboxylic acids is 1. The summed E-state index contributed by atoms with van der Waals surface area (Å²) < 4.78 is 0. The molecule has 1 atom stereocenters. The molecule has 4 aromatic rings. The third-order valence-corrected chi connectivity index (χ3v) is 5.82. The van der Waals surface area contributed by atoms with Crippen LogP contribution in [0.4, 0.5) is 5.69 Å². The standard InChI is InChI=1S/C25H20ClN3OS/c1-17(24(30)27-21-14-12-20(26)13-15-21)31-25-28-22(18-8-4-2-5-9-18)16-23(29-25)19-10-6-3-7-11-19/h2-17H,1H3,(H,27,30). The number of anilines is 1. The minimum Gasteiger partial charge on any atom is -0.325 e. The minimum absolute atomic E-state index is 0.123. The highest BCUT2D eigenvalue weighted by molar-refractivity contribution is 8.00. The van der Waals surface area contributed by atoms with Gasteiger partial charge >= 0.3 is 0 Å². The summed E-state index contributed by atoms with van der Waals surface area (Å²) in [5, 5.41) is 3.70. The van der Waals surface area contributed by atoms with Crippen molar-refractivity contribution in [1.29, 1.82) is 0 Å². The number of nitrogens with zero attached hydrogens (tertiary/aromatic N) is 2. The maximum Gasteiger partial charge on any atom is 0.237 e. The first kappa shape index (κ1) is 21.1. The Kier molecular flexibility index (Phi) is 6.65. The molecule has 1 aromatic heterocycles. The van der Waals surface area contributed by atoms with E-state index in [-0.39, 0.29) is 11.2 Å². The molecular formula is C25H20ClN3OS. The lowest BCUT2D eigenvalue weighted by Gasteiger charge is -2.13. The topological polar surface area (TPSA) is 54.9 Å². The Labute approximate surface area is 190 Å². The molecule has 154 valence electrons. The van der Waals surface area contributed by atoms with E-state index in [9.17, 15) is 4.79 Å². The molecule has 6 heteroatoms. The van der Waals surface area contributed by atoms with Crippen LogP contribution in [0.25, 0.3) is 22.5 Å². The van der Waals surface area contributed by atoms with Crippen molar-refractivity contribution in [2.24, 2.45) is 0 Å². The lowest BCUT2D eigenvalue weighted by molar-refractivity contribution is -0.115. The molecule has 0 aliphatic carbocycles. The van der Waals surface area contributed by atoms with Crippen molar-refractivity contribution in [3.05, 3.63) is 96.0 Å². The molecule has 0 aliphatic heterocycles. The number of nitrogens with one attached hydrogen (secondary N) is 1. The van der Waals surface area contributed by atoms with Crippen molar-refractivity contribution in [2.75, 3.05) is 5.32 Å². The van der Waals surface area contributed by atoms with E-state index in [1.165, 1.54) is 11.8 Å². The van der Waals surface area contributed by atoms with E-state index in [1.807, 2.05) is 73.7 Å². The van der Waals surface area contributed by atoms with Crippen LogP contribution < -0.4 is 5.32 Å². The van der Waals surface area contributed by atoms with Gasteiger partial charge in [-0.1, -0.05) is 84.0 Å². The van der Waals surface area contributed by atoms with Crippen LogP contribution in [0, 0.1) is 0 Å². The number of aromatic nitrogens is 2. The van der Waals surface area contributed by atoms with Crippen LogP contribution in [-0.4, -0.2) is 21.1 Å². The van der Waals surface area contributed by atoms with Gasteiger partial charge in [-0.15, -0.1) is 0 Å². The van der Waals surface area contributed by atoms with Crippen molar-refractivity contribution < 1.29 is 4.79 Å². The van der Waals surface area contributed by atoms with Crippen molar-refractivity contribution >= 4 is 35.0 Å². The first-order chi connectivity index (χ1) is 15.1. The van der Waals surface area contributed by atoms with Gasteiger partial charge < -0.3 is 5.32 Å². The van der Waals surface area contributed by atoms with Crippen molar-refractivity contribution in [3.63, 3.8) is 0 Å². The molecule has 0 radical (unpaired) electrons. The van der Waals surface area contributed by atoms with Gasteiger partial charge in [-0.2, -0.15) is 0 Å². The quantitative estimate of drug-likeness (QED) is 0.269. The van der Waals surface area contributed by atoms with Crippen LogP contribution in [0.15, 0.2) is 96.2 Å². The third-order valence-electron chi connectivity index (χ3n) is 4.61. The molecule has 1 heterocycles. The highest BCUT2D eigenvalue weighted by Crippen LogP contribution is 2.29. The Morgan fingerprint density at radius 2 is 1.35 bits per heavy atom. The molecule has 0 bridgehead atoms. The van der Waals surface area contributed by atoms with E-state index in [2.05, 4.69) is 5.32 Å². The molecule has 0 spiro atoms. The van der Waals surface area contributed by atoms with Gasteiger partial charge in [0.05, 0.1) is 16.6 Å². The molecule has 4 rings (SSSR count). The van der Waals surface area contributed by atoms with Gasteiger partial charge in [0.15, 0.2) is 5.16 Å². The molecule has 1 unspecified atom stereocenters. The van der Waals surface area contributed by atoms with Gasteiger partial charge in [0, 0.05) is 21.8 Å². The lowest BCUT2D eigenvalue weighted by Crippen LogP contribution is -2.22. The predicted octanol–water partition coefficient (Wildman–Crippen LogP) is 6.58. The van der Waals surface area contributed by atoms with E-state index in [1.54, 1.807) is 24.3 Å². The summed E-state index contributed by atoms with van der Waals surface area (Å²) >= 11 is 7.25. The fourth-order valence-electron chi connectivity index (χ4n) is 2.98. The van der Waals surface area contributed by atoms with Gasteiger partial charge in [-0.05, 0) is 37.3 Å². The van der Waals surface area contributed by atoms with Crippen molar-refractivity contribution in [3.8, 4) is 22.5 Å². The summed E-state index contributed by atoms with van der Waals surface area (Å²) in [5.41, 5.74) is 4.35. The van der Waals surface area contributed by atoms with Gasteiger partial charge in [0.2, 0.25) is 5.91 Å². The summed E-state index contributed by atoms with van der Waals surface area (Å²) in [6.45, 7) is 1.84. The average molecular weight is 446 g/mol. The SMILES string of the molecule is CC(Sc1nc(-c2ccccc2)cc(-c2ccccc2)n1)C(=O)Nc1ccc(Cl)cc1. The summed E-state index contributed by atoms with van der Waals surface area (Å²) in [7, 11) is 0. The number of rotatable bonds is 6. The van der Waals surface area contributed by atoms with Crippen LogP contribution in [-0.2, 0) is 4.79 Å². The first-order valence-corrected chi connectivity index (χ1v) is 11.1. The Morgan fingerprint density at radius 3 is 1.87 bits per heavy atom. The second-order valence-electron chi connectivity index (χ2n) is 6.91. The van der Waals surface area contributed by atoms with E-state index >= 15 is 0 Å². The van der Waals surface area contributed by atoms with Crippen molar-refractivity contribution in [1.82, 2.24) is 9.97 Å². The maximum absolute atomic E-state index is 12.7. The number of hydrogen-bond acceptors (Lipinski definition) is 4. The highest BCUT2D eigenvalue weighted by atomic mass is 35.5. The minimum atomic E-state index is -0.384. The summed E-state index contributed by atoms with van der Waals surface area (Å²) in [6.07, 6.45) is 0. The highest BCUT2D eigenvalue weighted by Gasteiger charge is 2.18. The number of carbonyl (C=O) groups is 1. The molecule has 1 N–H and O–H groups in total. The van der Waals surface area contributed by atoms with Gasteiger partial charge in [-0.25, -0.2) is 9.97 Å². The Hall–Kier alpha value is -3.15. The fourth-order valence-corrected chi connectivity index (χ4v) is 3.89. The van der Waals surface area contributed by atoms with Gasteiger partial charge in [0.25, 0.3) is 0 Å². The monoisotopic (exact) mass is 445 g/mol. The lowest BCUT2D eigenvalue weighted by atomic mass is 10.1. The molecular weight excluding hydrogens is 426 g/mol. The number of amides is 1. The third kappa shape index (κ3) is 5.51. The number of benzene rings is 3. The first-order valence-electron chi connectivity index (χ1n) is 9.81. The Bertz CT molecular complexity index is 1110. The van der Waals surface area contributed by atoms with Crippen LogP contribution >= 0.6 is 23.4 Å². The molecule has 0 aliphatic rings. The largest absolute Gasteiger partial charge is 0.325 e. The fraction of sp³-hybridized carbons (Fsp3) is 0.0800. The van der Waals surface area contributed by atoms with E-state index in [0.29, 0.717) is 15.9 Å². The zero-order valence-electron chi connectivity index (χ0n) is 16.8.